The van der Waals surface area contributed by atoms with Crippen LogP contribution in [0.2, 0.25) is 0 Å². The highest BCUT2D eigenvalue weighted by Gasteiger charge is 2.23. The van der Waals surface area contributed by atoms with Crippen LogP contribution < -0.4 is 5.32 Å². The van der Waals surface area contributed by atoms with Gasteiger partial charge < -0.3 is 14.8 Å². The van der Waals surface area contributed by atoms with Crippen molar-refractivity contribution in [2.45, 2.75) is 25.2 Å². The average Bonchev–Trinajstić information content (AvgIpc) is 2.76. The van der Waals surface area contributed by atoms with Gasteiger partial charge >= 0.3 is 0 Å². The van der Waals surface area contributed by atoms with Gasteiger partial charge in [0.2, 0.25) is 0 Å². The summed E-state index contributed by atoms with van der Waals surface area (Å²) < 4.78 is 5.70. The number of rotatable bonds is 4. The van der Waals surface area contributed by atoms with Crippen molar-refractivity contribution in [1.82, 2.24) is 5.32 Å². The zero-order valence-electron chi connectivity index (χ0n) is 8.56. The molecule has 1 heterocycles. The van der Waals surface area contributed by atoms with Gasteiger partial charge in [-0.2, -0.15) is 0 Å². The van der Waals surface area contributed by atoms with Crippen molar-refractivity contribution < 1.29 is 9.53 Å². The number of hydrogen-bond acceptors (Lipinski definition) is 3. The van der Waals surface area contributed by atoms with Crippen LogP contribution in [0.5, 0.6) is 0 Å². The van der Waals surface area contributed by atoms with E-state index in [1.165, 1.54) is 5.56 Å². The summed E-state index contributed by atoms with van der Waals surface area (Å²) in [6, 6.07) is 10.0. The van der Waals surface area contributed by atoms with Gasteiger partial charge in [0.25, 0.3) is 0 Å². The van der Waals surface area contributed by atoms with Crippen molar-refractivity contribution in [3.63, 3.8) is 0 Å². The van der Waals surface area contributed by atoms with Crippen molar-refractivity contribution in [1.29, 1.82) is 0 Å². The minimum absolute atomic E-state index is 0.0224. The lowest BCUT2D eigenvalue weighted by Gasteiger charge is -2.10. The molecule has 0 amide bonds. The molecule has 1 aliphatic heterocycles. The Labute approximate surface area is 89.4 Å². The fraction of sp³-hybridized carbons (Fsp3) is 0.417. The van der Waals surface area contributed by atoms with E-state index in [4.69, 9.17) is 4.74 Å². The molecule has 15 heavy (non-hydrogen) atoms. The molecule has 0 radical (unpaired) electrons. The van der Waals surface area contributed by atoms with Crippen LogP contribution in [0.1, 0.15) is 12.0 Å². The van der Waals surface area contributed by atoms with Crippen LogP contribution in [0.15, 0.2) is 30.3 Å². The molecule has 0 bridgehead atoms. The number of hydrogen-bond donors (Lipinski definition) is 1. The zero-order valence-corrected chi connectivity index (χ0v) is 8.56. The van der Waals surface area contributed by atoms with Crippen LogP contribution in [0.3, 0.4) is 0 Å². The second kappa shape index (κ2) is 5.05. The van der Waals surface area contributed by atoms with Gasteiger partial charge in [0.15, 0.2) is 0 Å². The number of benzene rings is 1. The van der Waals surface area contributed by atoms with Crippen molar-refractivity contribution in [2.24, 2.45) is 0 Å². The summed E-state index contributed by atoms with van der Waals surface area (Å²) in [5.74, 6) is 0. The quantitative estimate of drug-likeness (QED) is 0.749. The Balaban J connectivity index is 1.77. The van der Waals surface area contributed by atoms with Crippen LogP contribution in [0, 0.1) is 0 Å². The van der Waals surface area contributed by atoms with Gasteiger partial charge in [0, 0.05) is 6.54 Å². The minimum atomic E-state index is -0.0224. The maximum Gasteiger partial charge on any atom is 0.136 e. The number of carbonyl (C=O) groups excluding carboxylic acids is 1. The molecule has 80 valence electrons. The molecule has 0 aromatic heterocycles. The lowest BCUT2D eigenvalue weighted by molar-refractivity contribution is -0.109. The highest BCUT2D eigenvalue weighted by atomic mass is 16.5. The van der Waals surface area contributed by atoms with Gasteiger partial charge in [-0.15, -0.1) is 0 Å². The van der Waals surface area contributed by atoms with Crippen LogP contribution in [-0.4, -0.2) is 25.0 Å². The smallest absolute Gasteiger partial charge is 0.136 e. The Bertz CT molecular complexity index is 313. The van der Waals surface area contributed by atoms with Gasteiger partial charge in [0.1, 0.15) is 6.29 Å². The van der Waals surface area contributed by atoms with E-state index >= 15 is 0 Å². The van der Waals surface area contributed by atoms with E-state index in [1.807, 2.05) is 30.3 Å². The van der Waals surface area contributed by atoms with Crippen LogP contribution in [0.4, 0.5) is 0 Å². The molecule has 1 aromatic rings. The van der Waals surface area contributed by atoms with E-state index < -0.39 is 0 Å². The Hall–Kier alpha value is -1.19. The van der Waals surface area contributed by atoms with E-state index in [-0.39, 0.29) is 12.1 Å². The monoisotopic (exact) mass is 205 g/mol. The van der Waals surface area contributed by atoms with Crippen molar-refractivity contribution in [3.8, 4) is 0 Å². The normalized spacial score (nSPS) is 25.3. The third kappa shape index (κ3) is 2.88. The van der Waals surface area contributed by atoms with E-state index in [9.17, 15) is 4.79 Å². The maximum atomic E-state index is 10.5. The molecular formula is C12H15NO2. The first-order chi connectivity index (χ1) is 7.38. The molecule has 1 aliphatic rings. The number of aldehydes is 1. The fourth-order valence-corrected chi connectivity index (χ4v) is 1.75. The molecule has 2 atom stereocenters. The SMILES string of the molecule is O=C[C@@H]1CC(OCc2ccccc2)CN1. The van der Waals surface area contributed by atoms with Gasteiger partial charge in [-0.1, -0.05) is 30.3 Å². The molecule has 1 aromatic carbocycles. The fourth-order valence-electron chi connectivity index (χ4n) is 1.75. The Morgan fingerprint density at radius 1 is 1.40 bits per heavy atom. The third-order valence-electron chi connectivity index (χ3n) is 2.62. The minimum Gasteiger partial charge on any atom is -0.372 e. The number of nitrogens with one attached hydrogen (secondary N) is 1. The Morgan fingerprint density at radius 3 is 2.87 bits per heavy atom. The van der Waals surface area contributed by atoms with Crippen molar-refractivity contribution in [3.05, 3.63) is 35.9 Å². The molecule has 3 heteroatoms. The van der Waals surface area contributed by atoms with Crippen molar-refractivity contribution >= 4 is 6.29 Å². The van der Waals surface area contributed by atoms with E-state index in [2.05, 4.69) is 5.32 Å². The summed E-state index contributed by atoms with van der Waals surface area (Å²) in [4.78, 5) is 10.5. The molecular weight excluding hydrogens is 190 g/mol. The average molecular weight is 205 g/mol. The van der Waals surface area contributed by atoms with Crippen molar-refractivity contribution in [2.75, 3.05) is 6.54 Å². The summed E-state index contributed by atoms with van der Waals surface area (Å²) in [7, 11) is 0. The van der Waals surface area contributed by atoms with E-state index in [1.54, 1.807) is 0 Å². The Morgan fingerprint density at radius 2 is 2.20 bits per heavy atom. The molecule has 0 spiro atoms. The molecule has 1 unspecified atom stereocenters. The topological polar surface area (TPSA) is 38.3 Å². The zero-order chi connectivity index (χ0) is 10.5. The second-order valence-electron chi connectivity index (χ2n) is 3.81. The molecule has 3 nitrogen and oxygen atoms in total. The lowest BCUT2D eigenvalue weighted by Crippen LogP contribution is -2.22. The predicted octanol–water partition coefficient (Wildman–Crippen LogP) is 1.13. The first-order valence-corrected chi connectivity index (χ1v) is 5.22. The predicted molar refractivity (Wildman–Crippen MR) is 57.5 cm³/mol. The summed E-state index contributed by atoms with van der Waals surface area (Å²) in [5, 5.41) is 3.10. The summed E-state index contributed by atoms with van der Waals surface area (Å²) in [5.41, 5.74) is 1.17. The van der Waals surface area contributed by atoms with Gasteiger partial charge in [-0.3, -0.25) is 0 Å². The molecule has 2 rings (SSSR count). The summed E-state index contributed by atoms with van der Waals surface area (Å²) in [6.45, 7) is 1.40. The van der Waals surface area contributed by atoms with Crippen LogP contribution in [0.25, 0.3) is 0 Å². The third-order valence-corrected chi connectivity index (χ3v) is 2.62. The van der Waals surface area contributed by atoms with E-state index in [0.29, 0.717) is 6.61 Å². The summed E-state index contributed by atoms with van der Waals surface area (Å²) >= 11 is 0. The largest absolute Gasteiger partial charge is 0.372 e. The highest BCUT2D eigenvalue weighted by molar-refractivity contribution is 5.58. The van der Waals surface area contributed by atoms with Crippen LogP contribution in [-0.2, 0) is 16.1 Å². The lowest BCUT2D eigenvalue weighted by atomic mass is 10.2. The van der Waals surface area contributed by atoms with Gasteiger partial charge in [-0.25, -0.2) is 0 Å². The standard InChI is InChI=1S/C12H15NO2/c14-8-11-6-12(7-13-11)15-9-10-4-2-1-3-5-10/h1-5,8,11-13H,6-7,9H2/t11-,12?/m0/s1. The summed E-state index contributed by atoms with van der Waals surface area (Å²) in [6.07, 6.45) is 1.91. The molecule has 0 aliphatic carbocycles. The van der Waals surface area contributed by atoms with Gasteiger partial charge in [-0.05, 0) is 12.0 Å². The van der Waals surface area contributed by atoms with E-state index in [0.717, 1.165) is 19.3 Å². The molecule has 1 N–H and O–H groups in total. The first kappa shape index (κ1) is 10.3. The first-order valence-electron chi connectivity index (χ1n) is 5.22. The maximum absolute atomic E-state index is 10.5. The number of ether oxygens (including phenoxy) is 1. The highest BCUT2D eigenvalue weighted by Crippen LogP contribution is 2.11. The second-order valence-corrected chi connectivity index (χ2v) is 3.81. The Kier molecular flexibility index (Phi) is 3.48. The molecule has 0 saturated carbocycles. The molecule has 1 fully saturated rings. The molecule has 1 saturated heterocycles. The van der Waals surface area contributed by atoms with Gasteiger partial charge in [0.05, 0.1) is 18.8 Å². The number of carbonyl (C=O) groups is 1. The van der Waals surface area contributed by atoms with Crippen LogP contribution >= 0.6 is 0 Å².